The molecule has 4 aromatic rings. The summed E-state index contributed by atoms with van der Waals surface area (Å²) in [5, 5.41) is 3.13. The summed E-state index contributed by atoms with van der Waals surface area (Å²) in [5.41, 5.74) is 0.961. The van der Waals surface area contributed by atoms with E-state index < -0.39 is 40.2 Å². The highest BCUT2D eigenvalue weighted by atomic mass is 35.5. The van der Waals surface area contributed by atoms with Gasteiger partial charge in [0.1, 0.15) is 18.4 Å². The van der Waals surface area contributed by atoms with Gasteiger partial charge in [0.2, 0.25) is 11.8 Å². The third-order valence-electron chi connectivity index (χ3n) is 6.91. The molecule has 2 amide bonds. The second-order valence-corrected chi connectivity index (χ2v) is 12.7. The van der Waals surface area contributed by atoms with Crippen molar-refractivity contribution < 1.29 is 22.4 Å². The molecule has 0 aliphatic carbocycles. The molecule has 7 nitrogen and oxygen atoms in total. The largest absolute Gasteiger partial charge is 0.354 e. The van der Waals surface area contributed by atoms with Crippen molar-refractivity contribution in [2.45, 2.75) is 37.2 Å². The minimum absolute atomic E-state index is 0.00647. The molecule has 0 radical (unpaired) electrons. The Morgan fingerprint density at radius 2 is 1.52 bits per heavy atom. The van der Waals surface area contributed by atoms with E-state index in [0.717, 1.165) is 9.87 Å². The number of benzene rings is 4. The number of anilines is 1. The number of carbonyl (C=O) groups is 2. The molecular formula is C33H32Cl2FN3O4S. The van der Waals surface area contributed by atoms with Gasteiger partial charge in [0.25, 0.3) is 10.0 Å². The van der Waals surface area contributed by atoms with Crippen LogP contribution in [-0.2, 0) is 32.6 Å². The van der Waals surface area contributed by atoms with E-state index in [2.05, 4.69) is 5.32 Å². The molecule has 4 rings (SSSR count). The zero-order valence-electron chi connectivity index (χ0n) is 24.0. The van der Waals surface area contributed by atoms with Crippen LogP contribution in [0, 0.1) is 5.82 Å². The maximum atomic E-state index is 15.0. The number of hydrogen-bond donors (Lipinski definition) is 1. The van der Waals surface area contributed by atoms with Gasteiger partial charge in [-0.15, -0.1) is 0 Å². The summed E-state index contributed by atoms with van der Waals surface area (Å²) < 4.78 is 43.9. The third kappa shape index (κ3) is 8.16. The van der Waals surface area contributed by atoms with Crippen molar-refractivity contribution in [2.24, 2.45) is 0 Å². The number of carbonyl (C=O) groups excluding carboxylic acids is 2. The molecule has 0 aliphatic heterocycles. The van der Waals surface area contributed by atoms with E-state index in [1.165, 1.54) is 53.4 Å². The van der Waals surface area contributed by atoms with Gasteiger partial charge >= 0.3 is 0 Å². The lowest BCUT2D eigenvalue weighted by Gasteiger charge is -2.34. The van der Waals surface area contributed by atoms with Gasteiger partial charge in [-0.2, -0.15) is 0 Å². The molecule has 0 spiro atoms. The van der Waals surface area contributed by atoms with Gasteiger partial charge in [-0.25, -0.2) is 12.8 Å². The predicted molar refractivity (Wildman–Crippen MR) is 172 cm³/mol. The molecule has 230 valence electrons. The van der Waals surface area contributed by atoms with Crippen LogP contribution in [0.2, 0.25) is 10.0 Å². The highest BCUT2D eigenvalue weighted by Gasteiger charge is 2.35. The quantitative estimate of drug-likeness (QED) is 0.178. The first-order chi connectivity index (χ1) is 21.1. The topological polar surface area (TPSA) is 86.8 Å². The fourth-order valence-corrected chi connectivity index (χ4v) is 6.66. The van der Waals surface area contributed by atoms with Crippen LogP contribution in [-0.4, -0.2) is 44.3 Å². The van der Waals surface area contributed by atoms with Gasteiger partial charge in [-0.1, -0.05) is 96.9 Å². The van der Waals surface area contributed by atoms with Gasteiger partial charge < -0.3 is 10.2 Å². The standard InChI is InChI=1S/C33H32Cl2FN3O4S/c1-2-19-37-33(41)31(20-24-11-5-3-6-12-24)38(22-25-13-9-10-16-29(25)36)32(40)23-39(30-18-17-26(34)21-28(30)35)44(42,43)27-14-7-4-8-15-27/h3-18,21,31H,2,19-20,22-23H2,1H3,(H,37,41)/t31-/m1/s1. The van der Waals surface area contributed by atoms with Crippen LogP contribution >= 0.6 is 23.2 Å². The third-order valence-corrected chi connectivity index (χ3v) is 9.22. The Morgan fingerprint density at radius 1 is 0.886 bits per heavy atom. The van der Waals surface area contributed by atoms with E-state index in [1.54, 1.807) is 24.3 Å². The number of nitrogens with one attached hydrogen (secondary N) is 1. The van der Waals surface area contributed by atoms with E-state index in [1.807, 2.05) is 37.3 Å². The second kappa shape index (κ2) is 15.2. The van der Waals surface area contributed by atoms with Crippen molar-refractivity contribution in [3.63, 3.8) is 0 Å². The van der Waals surface area contributed by atoms with E-state index in [-0.39, 0.29) is 39.2 Å². The van der Waals surface area contributed by atoms with E-state index in [9.17, 15) is 22.4 Å². The lowest BCUT2D eigenvalue weighted by atomic mass is 10.0. The number of rotatable bonds is 13. The van der Waals surface area contributed by atoms with E-state index >= 15 is 0 Å². The second-order valence-electron chi connectivity index (χ2n) is 10.0. The Kier molecular flexibility index (Phi) is 11.4. The molecule has 0 aromatic heterocycles. The Balaban J connectivity index is 1.82. The van der Waals surface area contributed by atoms with Gasteiger partial charge in [0.05, 0.1) is 15.6 Å². The SMILES string of the molecule is CCCNC(=O)[C@@H](Cc1ccccc1)N(Cc1ccccc1F)C(=O)CN(c1ccc(Cl)cc1Cl)S(=O)(=O)c1ccccc1. The first-order valence-electron chi connectivity index (χ1n) is 14.0. The molecule has 0 saturated heterocycles. The molecule has 11 heteroatoms. The summed E-state index contributed by atoms with van der Waals surface area (Å²) in [6.45, 7) is 1.26. The van der Waals surface area contributed by atoms with Crippen LogP contribution in [0.4, 0.5) is 10.1 Å². The van der Waals surface area contributed by atoms with Crippen LogP contribution in [0.3, 0.4) is 0 Å². The molecule has 0 bridgehead atoms. The lowest BCUT2D eigenvalue weighted by Crippen LogP contribution is -2.53. The fraction of sp³-hybridized carbons (Fsp3) is 0.212. The first-order valence-corrected chi connectivity index (χ1v) is 16.2. The van der Waals surface area contributed by atoms with Gasteiger partial charge in [-0.3, -0.25) is 13.9 Å². The monoisotopic (exact) mass is 655 g/mol. The summed E-state index contributed by atoms with van der Waals surface area (Å²) in [6.07, 6.45) is 0.771. The zero-order chi connectivity index (χ0) is 31.7. The minimum Gasteiger partial charge on any atom is -0.354 e. The maximum Gasteiger partial charge on any atom is 0.264 e. The molecule has 44 heavy (non-hydrogen) atoms. The van der Waals surface area contributed by atoms with Crippen molar-refractivity contribution >= 4 is 50.7 Å². The summed E-state index contributed by atoms with van der Waals surface area (Å²) in [4.78, 5) is 29.1. The predicted octanol–water partition coefficient (Wildman–Crippen LogP) is 6.49. The Hall–Kier alpha value is -3.92. The number of amides is 2. The molecule has 0 aliphatic rings. The molecule has 4 aromatic carbocycles. The van der Waals surface area contributed by atoms with Crippen LogP contribution in [0.5, 0.6) is 0 Å². The summed E-state index contributed by atoms with van der Waals surface area (Å²) in [7, 11) is -4.33. The van der Waals surface area contributed by atoms with Crippen molar-refractivity contribution in [2.75, 3.05) is 17.4 Å². The van der Waals surface area contributed by atoms with Gasteiger partial charge in [0.15, 0.2) is 0 Å². The Bertz CT molecular complexity index is 1690. The number of sulfonamides is 1. The van der Waals surface area contributed by atoms with Crippen molar-refractivity contribution in [3.05, 3.63) is 130 Å². The van der Waals surface area contributed by atoms with Crippen molar-refractivity contribution in [1.82, 2.24) is 10.2 Å². The first kappa shape index (κ1) is 33.0. The summed E-state index contributed by atoms with van der Waals surface area (Å²) in [6, 6.07) is 25.8. The molecule has 0 unspecified atom stereocenters. The molecular weight excluding hydrogens is 624 g/mol. The van der Waals surface area contributed by atoms with Crippen LogP contribution in [0.25, 0.3) is 0 Å². The van der Waals surface area contributed by atoms with Crippen LogP contribution in [0.1, 0.15) is 24.5 Å². The number of hydrogen-bond acceptors (Lipinski definition) is 4. The minimum atomic E-state index is -4.33. The van der Waals surface area contributed by atoms with Crippen LogP contribution in [0.15, 0.2) is 108 Å². The average molecular weight is 657 g/mol. The normalized spacial score (nSPS) is 11.9. The summed E-state index contributed by atoms with van der Waals surface area (Å²) >= 11 is 12.6. The highest BCUT2D eigenvalue weighted by molar-refractivity contribution is 7.92. The van der Waals surface area contributed by atoms with Gasteiger partial charge in [0, 0.05) is 30.1 Å². The lowest BCUT2D eigenvalue weighted by molar-refractivity contribution is -0.140. The molecule has 0 heterocycles. The fourth-order valence-electron chi connectivity index (χ4n) is 4.65. The Labute approximate surface area is 267 Å². The highest BCUT2D eigenvalue weighted by Crippen LogP contribution is 2.33. The Morgan fingerprint density at radius 3 is 2.16 bits per heavy atom. The van der Waals surface area contributed by atoms with Crippen molar-refractivity contribution in [3.8, 4) is 0 Å². The summed E-state index contributed by atoms with van der Waals surface area (Å²) in [5.74, 6) is -1.74. The molecule has 1 N–H and O–H groups in total. The maximum absolute atomic E-state index is 15.0. The zero-order valence-corrected chi connectivity index (χ0v) is 26.3. The molecule has 1 atom stereocenters. The van der Waals surface area contributed by atoms with Gasteiger partial charge in [-0.05, 0) is 48.4 Å². The van der Waals surface area contributed by atoms with E-state index in [4.69, 9.17) is 23.2 Å². The van der Waals surface area contributed by atoms with E-state index in [0.29, 0.717) is 13.0 Å². The average Bonchev–Trinajstić information content (AvgIpc) is 3.02. The van der Waals surface area contributed by atoms with Crippen LogP contribution < -0.4 is 9.62 Å². The molecule has 0 fully saturated rings. The number of nitrogens with zero attached hydrogens (tertiary/aromatic N) is 2. The number of halogens is 3. The smallest absolute Gasteiger partial charge is 0.264 e. The van der Waals surface area contributed by atoms with Crippen molar-refractivity contribution in [1.29, 1.82) is 0 Å². The molecule has 0 saturated carbocycles.